The largest absolute Gasteiger partial charge is 0.464 e. The number of methoxy groups -OCH3 is 1. The van der Waals surface area contributed by atoms with E-state index in [4.69, 9.17) is 9.72 Å². The van der Waals surface area contributed by atoms with Crippen molar-refractivity contribution in [2.45, 2.75) is 57.2 Å². The number of aromatic nitrogens is 6. The Morgan fingerprint density at radius 2 is 1.89 bits per heavy atom. The molecule has 1 saturated carbocycles. The predicted octanol–water partition coefficient (Wildman–Crippen LogP) is 7.37. The first-order valence-electron chi connectivity index (χ1n) is 18.3. The van der Waals surface area contributed by atoms with Gasteiger partial charge in [0, 0.05) is 48.8 Å². The summed E-state index contributed by atoms with van der Waals surface area (Å²) in [6, 6.07) is 11.3. The van der Waals surface area contributed by atoms with Crippen LogP contribution < -0.4 is 15.0 Å². The Morgan fingerprint density at radius 1 is 1.06 bits per heavy atom. The number of thiazole rings is 1. The van der Waals surface area contributed by atoms with Crippen molar-refractivity contribution in [2.75, 3.05) is 38.7 Å². The number of nitrogens with one attached hydrogen (secondary N) is 3. The van der Waals surface area contributed by atoms with Crippen molar-refractivity contribution in [3.63, 3.8) is 0 Å². The number of fused-ring (bicyclic) bond motifs is 5. The number of aromatic amines is 2. The molecular formula is C39H40FN9O4S. The molecule has 0 radical (unpaired) electrons. The minimum absolute atomic E-state index is 0.175. The highest BCUT2D eigenvalue weighted by atomic mass is 32.1. The monoisotopic (exact) mass is 749 g/mol. The van der Waals surface area contributed by atoms with Crippen LogP contribution in [0.15, 0.2) is 55.0 Å². The number of amides is 2. The quantitative estimate of drug-likeness (QED) is 0.132. The zero-order chi connectivity index (χ0) is 37.1. The molecule has 3 N–H and O–H groups in total. The molecule has 0 spiro atoms. The van der Waals surface area contributed by atoms with Crippen LogP contribution in [0.1, 0.15) is 72.9 Å². The van der Waals surface area contributed by atoms with Crippen LogP contribution in [0.5, 0.6) is 5.75 Å². The SMILES string of the molecule is CCCN(C)c1ncc(-c2ccc3c(c2)cc2n3C(c3cnc(C4CC4)s3)Oc3cc(-c4cnc(C5CCCN5C(=O)CNC(=O)OC)[nH]4)cc(F)c3-2)[nH]1. The molecular weight excluding hydrogens is 710 g/mol. The molecule has 13 nitrogen and oxygen atoms in total. The van der Waals surface area contributed by atoms with Crippen LogP contribution in [0, 0.1) is 5.82 Å². The summed E-state index contributed by atoms with van der Waals surface area (Å²) in [5, 5.41) is 4.51. The molecule has 54 heavy (non-hydrogen) atoms. The number of hydrogen-bond donors (Lipinski definition) is 3. The third kappa shape index (κ3) is 6.05. The first kappa shape index (κ1) is 34.1. The van der Waals surface area contributed by atoms with E-state index < -0.39 is 18.1 Å². The summed E-state index contributed by atoms with van der Waals surface area (Å²) in [7, 11) is 3.28. The van der Waals surface area contributed by atoms with Gasteiger partial charge in [0.15, 0.2) is 0 Å². The van der Waals surface area contributed by atoms with Gasteiger partial charge in [-0.2, -0.15) is 0 Å². The Bertz CT molecular complexity index is 2390. The molecule has 2 fully saturated rings. The van der Waals surface area contributed by atoms with E-state index in [1.165, 1.54) is 13.2 Å². The number of carbonyl (C=O) groups is 2. The van der Waals surface area contributed by atoms with E-state index in [1.807, 2.05) is 31.6 Å². The first-order chi connectivity index (χ1) is 26.3. The number of alkyl carbamates (subject to hydrolysis) is 1. The lowest BCUT2D eigenvalue weighted by molar-refractivity contribution is -0.131. The smallest absolute Gasteiger partial charge is 0.407 e. The van der Waals surface area contributed by atoms with Crippen molar-refractivity contribution in [1.82, 2.24) is 39.7 Å². The maximum atomic E-state index is 16.6. The first-order valence-corrected chi connectivity index (χ1v) is 19.2. The van der Waals surface area contributed by atoms with Crippen LogP contribution in [0.2, 0.25) is 0 Å². The Balaban J connectivity index is 1.07. The number of ether oxygens (including phenoxy) is 2. The molecule has 2 amide bonds. The number of imidazole rings is 2. The Hall–Kier alpha value is -5.70. The van der Waals surface area contributed by atoms with Crippen LogP contribution in [-0.2, 0) is 9.53 Å². The number of likely N-dealkylation sites (tertiary alicyclic amines) is 1. The topological polar surface area (TPSA) is 146 Å². The van der Waals surface area contributed by atoms with Crippen LogP contribution in [0.4, 0.5) is 15.1 Å². The van der Waals surface area contributed by atoms with E-state index in [2.05, 4.69) is 64.6 Å². The zero-order valence-corrected chi connectivity index (χ0v) is 31.0. The predicted molar refractivity (Wildman–Crippen MR) is 203 cm³/mol. The second-order valence-electron chi connectivity index (χ2n) is 14.2. The fraction of sp³-hybridized carbons (Fsp3) is 0.359. The van der Waals surface area contributed by atoms with E-state index in [0.29, 0.717) is 47.3 Å². The molecule has 2 unspecified atom stereocenters. The highest BCUT2D eigenvalue weighted by Crippen LogP contribution is 2.49. The van der Waals surface area contributed by atoms with Gasteiger partial charge in [0.05, 0.1) is 63.6 Å². The third-order valence-electron chi connectivity index (χ3n) is 10.5. The van der Waals surface area contributed by atoms with Crippen LogP contribution in [0.25, 0.3) is 44.7 Å². The van der Waals surface area contributed by atoms with Gasteiger partial charge in [-0.1, -0.05) is 13.0 Å². The van der Waals surface area contributed by atoms with Gasteiger partial charge in [-0.15, -0.1) is 11.3 Å². The van der Waals surface area contributed by atoms with Crippen molar-refractivity contribution >= 4 is 40.2 Å². The summed E-state index contributed by atoms with van der Waals surface area (Å²) >= 11 is 1.65. The van der Waals surface area contributed by atoms with E-state index in [0.717, 1.165) is 75.9 Å². The van der Waals surface area contributed by atoms with Crippen molar-refractivity contribution in [3.05, 3.63) is 76.5 Å². The minimum Gasteiger partial charge on any atom is -0.464 e. The number of H-pyrrole nitrogens is 2. The average molecular weight is 750 g/mol. The summed E-state index contributed by atoms with van der Waals surface area (Å²) in [6.07, 6.45) is 9.00. The summed E-state index contributed by atoms with van der Waals surface area (Å²) in [4.78, 5) is 50.0. The van der Waals surface area contributed by atoms with Gasteiger partial charge >= 0.3 is 6.09 Å². The molecule has 9 rings (SSSR count). The standard InChI is InChI=1S/C39H40FN9O4S/c1-4-11-47(2)38-43-18-26(46-38)22-9-10-28-24(13-22)15-30-34-25(40)14-23(16-31(34)53-37(49(28)30)32-19-42-36(54-32)21-7-8-21)27-17-41-35(45-27)29-6-5-12-48(29)33(50)20-44-39(51)52-3/h9-10,13-19,21,29,37H,4-8,11-12,20H2,1-3H3,(H,41,45)(H,43,46)(H,44,51). The Labute approximate surface area is 314 Å². The molecule has 2 aliphatic heterocycles. The van der Waals surface area contributed by atoms with Gasteiger partial charge in [-0.3, -0.25) is 9.36 Å². The number of benzene rings is 2. The molecule has 6 heterocycles. The lowest BCUT2D eigenvalue weighted by atomic mass is 10.0. The van der Waals surface area contributed by atoms with Gasteiger partial charge in [0.25, 0.3) is 0 Å². The van der Waals surface area contributed by atoms with E-state index in [-0.39, 0.29) is 18.5 Å². The van der Waals surface area contributed by atoms with E-state index in [1.54, 1.807) is 22.4 Å². The maximum absolute atomic E-state index is 16.6. The number of rotatable bonds is 10. The number of hydrogen-bond acceptors (Lipinski definition) is 9. The Kier molecular flexibility index (Phi) is 8.60. The molecule has 1 aliphatic carbocycles. The highest BCUT2D eigenvalue weighted by Gasteiger charge is 2.36. The van der Waals surface area contributed by atoms with Crippen LogP contribution >= 0.6 is 11.3 Å². The van der Waals surface area contributed by atoms with Crippen molar-refractivity contribution in [3.8, 4) is 39.5 Å². The maximum Gasteiger partial charge on any atom is 0.407 e. The van der Waals surface area contributed by atoms with Crippen LogP contribution in [0.3, 0.4) is 0 Å². The Morgan fingerprint density at radius 3 is 2.70 bits per heavy atom. The molecule has 278 valence electrons. The molecule has 2 aromatic carbocycles. The van der Waals surface area contributed by atoms with Crippen molar-refractivity contribution < 1.29 is 23.5 Å². The second-order valence-corrected chi connectivity index (χ2v) is 15.3. The lowest BCUT2D eigenvalue weighted by Gasteiger charge is -2.29. The van der Waals surface area contributed by atoms with Gasteiger partial charge in [0.1, 0.15) is 23.9 Å². The lowest BCUT2D eigenvalue weighted by Crippen LogP contribution is -2.40. The molecule has 6 aromatic rings. The van der Waals surface area contributed by atoms with Gasteiger partial charge < -0.3 is 34.6 Å². The zero-order valence-electron chi connectivity index (χ0n) is 30.2. The van der Waals surface area contributed by atoms with Gasteiger partial charge in [-0.05, 0) is 62.4 Å². The molecule has 3 aliphatic rings. The number of halogens is 1. The van der Waals surface area contributed by atoms with Gasteiger partial charge in [0.2, 0.25) is 18.1 Å². The summed E-state index contributed by atoms with van der Waals surface area (Å²) < 4.78 is 30.0. The molecule has 15 heteroatoms. The van der Waals surface area contributed by atoms with Crippen molar-refractivity contribution in [2.24, 2.45) is 0 Å². The summed E-state index contributed by atoms with van der Waals surface area (Å²) in [5.41, 5.74) is 5.09. The molecule has 1 saturated heterocycles. The minimum atomic E-state index is -0.666. The number of carbonyl (C=O) groups excluding carboxylic acids is 2. The van der Waals surface area contributed by atoms with E-state index in [9.17, 15) is 9.59 Å². The van der Waals surface area contributed by atoms with Crippen LogP contribution in [-0.4, -0.2) is 80.2 Å². The molecule has 4 aromatic heterocycles. The normalized spacial score (nSPS) is 17.7. The fourth-order valence-electron chi connectivity index (χ4n) is 7.64. The second kappa shape index (κ2) is 13.6. The highest BCUT2D eigenvalue weighted by molar-refractivity contribution is 7.11. The molecule has 2 atom stereocenters. The summed E-state index contributed by atoms with van der Waals surface area (Å²) in [6.45, 7) is 3.40. The number of anilines is 1. The summed E-state index contributed by atoms with van der Waals surface area (Å²) in [5.74, 6) is 1.67. The van der Waals surface area contributed by atoms with Gasteiger partial charge in [-0.25, -0.2) is 24.1 Å². The third-order valence-corrected chi connectivity index (χ3v) is 11.7. The number of nitrogens with zero attached hydrogens (tertiary/aromatic N) is 6. The van der Waals surface area contributed by atoms with Crippen molar-refractivity contribution in [1.29, 1.82) is 0 Å². The molecule has 0 bridgehead atoms. The van der Waals surface area contributed by atoms with E-state index >= 15 is 4.39 Å². The average Bonchev–Trinajstić information content (AvgIpc) is 3.77. The fourth-order valence-corrected chi connectivity index (χ4v) is 8.74.